The Bertz CT molecular complexity index is 682. The molecule has 2 atom stereocenters. The molecular weight excluding hydrogens is 320 g/mol. The minimum Gasteiger partial charge on any atom is -0.380 e. The first-order chi connectivity index (χ1) is 10.6. The molecule has 0 saturated carbocycles. The number of benzene rings is 1. The highest BCUT2D eigenvalue weighted by atomic mass is 32.2. The number of nitrogens with zero attached hydrogens (tertiary/aromatic N) is 2. The number of hydrogen-bond donors (Lipinski definition) is 0. The number of hydrogen-bond acceptors (Lipinski definition) is 5. The largest absolute Gasteiger partial charge is 0.380 e. The molecular formula is C15H18N2O3S2. The van der Waals surface area contributed by atoms with E-state index in [2.05, 4.69) is 0 Å². The summed E-state index contributed by atoms with van der Waals surface area (Å²) < 4.78 is 32.7. The molecule has 2 heterocycles. The van der Waals surface area contributed by atoms with Crippen LogP contribution in [-0.4, -0.2) is 49.5 Å². The lowest BCUT2D eigenvalue weighted by Gasteiger charge is -2.42. The molecule has 22 heavy (non-hydrogen) atoms. The zero-order valence-corrected chi connectivity index (χ0v) is 13.8. The summed E-state index contributed by atoms with van der Waals surface area (Å²) in [4.78, 5) is 0. The Hall–Kier alpha value is -1.07. The number of thioether (sulfide) groups is 1. The van der Waals surface area contributed by atoms with Crippen LogP contribution in [0.15, 0.2) is 24.3 Å². The summed E-state index contributed by atoms with van der Waals surface area (Å²) in [7, 11) is -3.38. The topological polar surface area (TPSA) is 70.4 Å². The maximum absolute atomic E-state index is 12.8. The quantitative estimate of drug-likeness (QED) is 0.837. The Labute approximate surface area is 135 Å². The van der Waals surface area contributed by atoms with Gasteiger partial charge in [0.2, 0.25) is 10.0 Å². The molecule has 0 bridgehead atoms. The Morgan fingerprint density at radius 2 is 2.32 bits per heavy atom. The summed E-state index contributed by atoms with van der Waals surface area (Å²) in [6.07, 6.45) is 0.759. The van der Waals surface area contributed by atoms with Crippen LogP contribution >= 0.6 is 11.8 Å². The van der Waals surface area contributed by atoms with Gasteiger partial charge in [-0.2, -0.15) is 21.3 Å². The minimum atomic E-state index is -3.38. The highest BCUT2D eigenvalue weighted by molar-refractivity contribution is 8.00. The van der Waals surface area contributed by atoms with Gasteiger partial charge in [0.15, 0.2) is 0 Å². The van der Waals surface area contributed by atoms with E-state index in [9.17, 15) is 8.42 Å². The number of fused-ring (bicyclic) bond motifs is 1. The van der Waals surface area contributed by atoms with Gasteiger partial charge in [-0.05, 0) is 24.1 Å². The van der Waals surface area contributed by atoms with Gasteiger partial charge in [-0.25, -0.2) is 8.42 Å². The number of sulfonamides is 1. The van der Waals surface area contributed by atoms with Crippen molar-refractivity contribution in [1.82, 2.24) is 4.31 Å². The molecule has 0 N–H and O–H groups in total. The monoisotopic (exact) mass is 338 g/mol. The van der Waals surface area contributed by atoms with Gasteiger partial charge in [-0.1, -0.05) is 12.1 Å². The van der Waals surface area contributed by atoms with Crippen LogP contribution in [0.5, 0.6) is 0 Å². The van der Waals surface area contributed by atoms with Crippen LogP contribution < -0.4 is 0 Å². The smallest absolute Gasteiger partial charge is 0.218 e. The predicted octanol–water partition coefficient (Wildman–Crippen LogP) is 1.59. The average molecular weight is 338 g/mol. The molecule has 7 heteroatoms. The Kier molecular flexibility index (Phi) is 4.73. The lowest BCUT2D eigenvalue weighted by molar-refractivity contribution is 0.0625. The van der Waals surface area contributed by atoms with Crippen LogP contribution in [0.3, 0.4) is 0 Å². The van der Waals surface area contributed by atoms with Crippen molar-refractivity contribution in [3.63, 3.8) is 0 Å². The van der Waals surface area contributed by atoms with Gasteiger partial charge < -0.3 is 4.74 Å². The first kappa shape index (κ1) is 15.8. The Balaban J connectivity index is 1.80. The van der Waals surface area contributed by atoms with E-state index in [0.29, 0.717) is 30.9 Å². The molecule has 2 fully saturated rings. The molecule has 3 rings (SSSR count). The number of nitriles is 1. The first-order valence-corrected chi connectivity index (χ1v) is 9.94. The van der Waals surface area contributed by atoms with E-state index >= 15 is 0 Å². The van der Waals surface area contributed by atoms with Crippen molar-refractivity contribution >= 4 is 21.8 Å². The zero-order valence-electron chi connectivity index (χ0n) is 12.1. The normalized spacial score (nSPS) is 26.1. The Morgan fingerprint density at radius 1 is 1.45 bits per heavy atom. The van der Waals surface area contributed by atoms with Crippen LogP contribution in [0.4, 0.5) is 0 Å². The third-order valence-electron chi connectivity index (χ3n) is 4.05. The van der Waals surface area contributed by atoms with Crippen molar-refractivity contribution in [1.29, 1.82) is 5.26 Å². The number of ether oxygens (including phenoxy) is 1. The van der Waals surface area contributed by atoms with E-state index in [1.165, 1.54) is 0 Å². The van der Waals surface area contributed by atoms with Gasteiger partial charge in [0.05, 0.1) is 24.0 Å². The molecule has 2 saturated heterocycles. The van der Waals surface area contributed by atoms with E-state index in [4.69, 9.17) is 10.00 Å². The second kappa shape index (κ2) is 6.59. The van der Waals surface area contributed by atoms with Crippen LogP contribution in [0.1, 0.15) is 17.5 Å². The van der Waals surface area contributed by atoms with E-state index in [1.807, 2.05) is 6.07 Å². The molecule has 0 aliphatic carbocycles. The summed E-state index contributed by atoms with van der Waals surface area (Å²) in [6, 6.07) is 8.91. The molecule has 0 spiro atoms. The van der Waals surface area contributed by atoms with Crippen LogP contribution in [0, 0.1) is 11.3 Å². The van der Waals surface area contributed by atoms with E-state index in [-0.39, 0.29) is 17.0 Å². The second-order valence-corrected chi connectivity index (χ2v) is 8.79. The van der Waals surface area contributed by atoms with Gasteiger partial charge in [-0.15, -0.1) is 0 Å². The highest BCUT2D eigenvalue weighted by Crippen LogP contribution is 2.32. The fraction of sp³-hybridized carbons (Fsp3) is 0.533. The van der Waals surface area contributed by atoms with Gasteiger partial charge in [0, 0.05) is 30.2 Å². The molecule has 1 aromatic carbocycles. The first-order valence-electron chi connectivity index (χ1n) is 7.28. The molecule has 2 aliphatic heterocycles. The molecule has 0 amide bonds. The van der Waals surface area contributed by atoms with Crippen LogP contribution in [-0.2, 0) is 20.5 Å². The summed E-state index contributed by atoms with van der Waals surface area (Å²) in [5.41, 5.74) is 1.16. The fourth-order valence-corrected chi connectivity index (χ4v) is 6.31. The van der Waals surface area contributed by atoms with Crippen molar-refractivity contribution < 1.29 is 13.2 Å². The van der Waals surface area contributed by atoms with Gasteiger partial charge in [0.1, 0.15) is 0 Å². The van der Waals surface area contributed by atoms with Gasteiger partial charge in [-0.3, -0.25) is 0 Å². The van der Waals surface area contributed by atoms with Crippen molar-refractivity contribution in [2.45, 2.75) is 23.5 Å². The van der Waals surface area contributed by atoms with E-state index in [0.717, 1.165) is 12.2 Å². The highest BCUT2D eigenvalue weighted by Gasteiger charge is 2.40. The maximum atomic E-state index is 12.8. The number of rotatable bonds is 3. The third kappa shape index (κ3) is 3.30. The van der Waals surface area contributed by atoms with Crippen LogP contribution in [0.25, 0.3) is 0 Å². The predicted molar refractivity (Wildman–Crippen MR) is 86.0 cm³/mol. The van der Waals surface area contributed by atoms with E-state index < -0.39 is 10.0 Å². The summed E-state index contributed by atoms with van der Waals surface area (Å²) in [5.74, 6) is 0.763. The molecule has 1 aromatic rings. The SMILES string of the molecule is N#Cc1cccc(CS(=O)(=O)N2CCSC3COCCC32)c1. The van der Waals surface area contributed by atoms with Crippen molar-refractivity contribution in [2.24, 2.45) is 0 Å². The fourth-order valence-electron chi connectivity index (χ4n) is 3.02. The zero-order chi connectivity index (χ0) is 15.6. The Morgan fingerprint density at radius 3 is 3.14 bits per heavy atom. The van der Waals surface area contributed by atoms with Gasteiger partial charge >= 0.3 is 0 Å². The third-order valence-corrected chi connectivity index (χ3v) is 7.21. The van der Waals surface area contributed by atoms with Crippen molar-refractivity contribution in [3.05, 3.63) is 35.4 Å². The molecule has 2 unspecified atom stereocenters. The average Bonchev–Trinajstić information content (AvgIpc) is 2.54. The lowest BCUT2D eigenvalue weighted by Crippen LogP contribution is -2.54. The second-order valence-electron chi connectivity index (χ2n) is 5.52. The lowest BCUT2D eigenvalue weighted by atomic mass is 10.1. The maximum Gasteiger partial charge on any atom is 0.218 e. The summed E-state index contributed by atoms with van der Waals surface area (Å²) in [5, 5.41) is 9.18. The summed E-state index contributed by atoms with van der Waals surface area (Å²) >= 11 is 1.81. The van der Waals surface area contributed by atoms with Crippen molar-refractivity contribution in [2.75, 3.05) is 25.5 Å². The van der Waals surface area contributed by atoms with Crippen molar-refractivity contribution in [3.8, 4) is 6.07 Å². The minimum absolute atomic E-state index is 0.0386. The standard InChI is InChI=1S/C15H18N2O3S2/c16-9-12-2-1-3-13(8-12)11-22(18,19)17-5-7-21-15-10-20-6-4-14(15)17/h1-3,8,14-15H,4-7,10-11H2. The summed E-state index contributed by atoms with van der Waals surface area (Å²) in [6.45, 7) is 1.81. The van der Waals surface area contributed by atoms with E-state index in [1.54, 1.807) is 40.3 Å². The van der Waals surface area contributed by atoms with Crippen LogP contribution in [0.2, 0.25) is 0 Å². The molecule has 0 radical (unpaired) electrons. The van der Waals surface area contributed by atoms with Gasteiger partial charge in [0.25, 0.3) is 0 Å². The molecule has 118 valence electrons. The molecule has 2 aliphatic rings. The molecule has 5 nitrogen and oxygen atoms in total. The molecule has 0 aromatic heterocycles.